The molecule has 1 aromatic heterocycles. The molecule has 0 bridgehead atoms. The molecule has 0 aliphatic carbocycles. The second-order valence-electron chi connectivity index (χ2n) is 2.69. The lowest BCUT2D eigenvalue weighted by atomic mass is 10.3. The number of allylic oxidation sites excluding steroid dienone is 2. The van der Waals surface area contributed by atoms with E-state index < -0.39 is 0 Å². The predicted octanol–water partition coefficient (Wildman–Crippen LogP) is 1.83. The number of aromatic nitrogens is 2. The highest BCUT2D eigenvalue weighted by atomic mass is 15.1. The maximum atomic E-state index is 3.85. The van der Waals surface area contributed by atoms with Crippen molar-refractivity contribution in [1.29, 1.82) is 0 Å². The Labute approximate surface area is 66.9 Å². The smallest absolute Gasteiger partial charge is 0.243 e. The summed E-state index contributed by atoms with van der Waals surface area (Å²) in [6.07, 6.45) is 3.81. The topological polar surface area (TPSA) is 19.7 Å². The van der Waals surface area contributed by atoms with E-state index in [2.05, 4.69) is 18.1 Å². The first-order valence-corrected chi connectivity index (χ1v) is 3.53. The lowest BCUT2D eigenvalue weighted by Gasteiger charge is -1.95. The van der Waals surface area contributed by atoms with Gasteiger partial charge in [-0.25, -0.2) is 9.55 Å². The molecule has 0 amide bonds. The monoisotopic (exact) mass is 149 g/mol. The number of H-pyrrole nitrogens is 1. The Kier molecular flexibility index (Phi) is 1.94. The highest BCUT2D eigenvalue weighted by molar-refractivity contribution is 5.52. The highest BCUT2D eigenvalue weighted by Gasteiger charge is 2.10. The van der Waals surface area contributed by atoms with Gasteiger partial charge in [0, 0.05) is 5.57 Å². The average Bonchev–Trinajstić information content (AvgIpc) is 2.32. The van der Waals surface area contributed by atoms with Gasteiger partial charge in [0.15, 0.2) is 0 Å². The first-order valence-electron chi connectivity index (χ1n) is 3.53. The molecular formula is C9H13N2+. The Hall–Kier alpha value is -1.31. The third kappa shape index (κ3) is 1.40. The lowest BCUT2D eigenvalue weighted by Crippen LogP contribution is -2.31. The molecule has 0 saturated heterocycles. The second kappa shape index (κ2) is 2.74. The number of nitrogens with zero attached hydrogens (tertiary/aromatic N) is 1. The van der Waals surface area contributed by atoms with Crippen molar-refractivity contribution in [3.05, 3.63) is 31.4 Å². The van der Waals surface area contributed by atoms with E-state index in [1.54, 1.807) is 0 Å². The summed E-state index contributed by atoms with van der Waals surface area (Å²) in [5, 5.41) is 0. The van der Waals surface area contributed by atoms with Crippen LogP contribution in [-0.4, -0.2) is 4.98 Å². The van der Waals surface area contributed by atoms with Crippen molar-refractivity contribution in [1.82, 2.24) is 4.98 Å². The van der Waals surface area contributed by atoms with E-state index in [-0.39, 0.29) is 0 Å². The fourth-order valence-electron chi connectivity index (χ4n) is 0.982. The summed E-state index contributed by atoms with van der Waals surface area (Å²) in [7, 11) is 0. The van der Waals surface area contributed by atoms with E-state index in [0.717, 1.165) is 17.1 Å². The molecule has 0 aliphatic heterocycles. The summed E-state index contributed by atoms with van der Waals surface area (Å²) >= 11 is 0. The van der Waals surface area contributed by atoms with Crippen LogP contribution in [0.3, 0.4) is 0 Å². The van der Waals surface area contributed by atoms with Crippen LogP contribution in [0.2, 0.25) is 0 Å². The first kappa shape index (κ1) is 7.79. The average molecular weight is 149 g/mol. The summed E-state index contributed by atoms with van der Waals surface area (Å²) in [6, 6.07) is 0. The molecule has 2 nitrogen and oxygen atoms in total. The quantitative estimate of drug-likeness (QED) is 0.619. The molecule has 0 radical (unpaired) electrons. The Balaban J connectivity index is 3.16. The van der Waals surface area contributed by atoms with E-state index in [1.165, 1.54) is 0 Å². The highest BCUT2D eigenvalue weighted by Crippen LogP contribution is 2.03. The van der Waals surface area contributed by atoms with E-state index in [1.807, 2.05) is 30.8 Å². The first-order chi connectivity index (χ1) is 5.13. The van der Waals surface area contributed by atoms with Crippen LogP contribution in [0.15, 0.2) is 25.6 Å². The maximum absolute atomic E-state index is 3.85. The van der Waals surface area contributed by atoms with Crippen molar-refractivity contribution >= 4 is 11.3 Å². The van der Waals surface area contributed by atoms with Gasteiger partial charge in [-0.15, -0.1) is 0 Å². The van der Waals surface area contributed by atoms with Crippen molar-refractivity contribution in [3.63, 3.8) is 0 Å². The summed E-state index contributed by atoms with van der Waals surface area (Å²) in [4.78, 5) is 3.09. The molecule has 1 rings (SSSR count). The molecule has 1 aromatic rings. The molecular weight excluding hydrogens is 136 g/mol. The predicted molar refractivity (Wildman–Crippen MR) is 46.7 cm³/mol. The summed E-state index contributed by atoms with van der Waals surface area (Å²) in [5.41, 5.74) is 2.00. The van der Waals surface area contributed by atoms with Crippen LogP contribution in [0, 0.1) is 0 Å². The fraction of sp³-hybridized carbons (Fsp3) is 0.222. The molecule has 0 unspecified atom stereocenters. The summed E-state index contributed by atoms with van der Waals surface area (Å²) in [6.45, 7) is 11.6. The lowest BCUT2D eigenvalue weighted by molar-refractivity contribution is -0.582. The van der Waals surface area contributed by atoms with Crippen molar-refractivity contribution in [2.24, 2.45) is 0 Å². The van der Waals surface area contributed by atoms with Crippen LogP contribution in [0.25, 0.3) is 11.3 Å². The molecule has 58 valence electrons. The summed E-state index contributed by atoms with van der Waals surface area (Å²) in [5.74, 6) is 1.01. The van der Waals surface area contributed by atoms with E-state index >= 15 is 0 Å². The van der Waals surface area contributed by atoms with Gasteiger partial charge in [-0.3, -0.25) is 0 Å². The van der Waals surface area contributed by atoms with Gasteiger partial charge in [0.25, 0.3) is 5.82 Å². The zero-order valence-corrected chi connectivity index (χ0v) is 7.02. The number of aromatic amines is 1. The third-order valence-electron chi connectivity index (χ3n) is 1.50. The molecule has 1 N–H and O–H groups in total. The number of rotatable bonds is 2. The van der Waals surface area contributed by atoms with Gasteiger partial charge in [-0.2, -0.15) is 0 Å². The van der Waals surface area contributed by atoms with Gasteiger partial charge >= 0.3 is 0 Å². The maximum Gasteiger partial charge on any atom is 0.286 e. The molecule has 1 heterocycles. The van der Waals surface area contributed by atoms with Gasteiger partial charge < -0.3 is 0 Å². The Morgan fingerprint density at radius 1 is 1.45 bits per heavy atom. The number of imidazole rings is 1. The van der Waals surface area contributed by atoms with Gasteiger partial charge in [0.2, 0.25) is 0 Å². The Morgan fingerprint density at radius 2 is 2.09 bits per heavy atom. The molecule has 0 fully saturated rings. The van der Waals surface area contributed by atoms with Crippen LogP contribution in [0.4, 0.5) is 0 Å². The normalized spacial score (nSPS) is 9.64. The third-order valence-corrected chi connectivity index (χ3v) is 1.50. The number of nitrogens with one attached hydrogen (secondary N) is 1. The van der Waals surface area contributed by atoms with Crippen molar-refractivity contribution in [2.45, 2.75) is 13.8 Å². The fourth-order valence-corrected chi connectivity index (χ4v) is 0.982. The van der Waals surface area contributed by atoms with Gasteiger partial charge in [0.05, 0.1) is 5.70 Å². The van der Waals surface area contributed by atoms with Crippen LogP contribution in [0.5, 0.6) is 0 Å². The van der Waals surface area contributed by atoms with Crippen LogP contribution in [-0.2, 0) is 0 Å². The molecule has 0 saturated carbocycles. The van der Waals surface area contributed by atoms with Crippen LogP contribution < -0.4 is 4.57 Å². The molecule has 11 heavy (non-hydrogen) atoms. The van der Waals surface area contributed by atoms with Crippen molar-refractivity contribution < 1.29 is 4.57 Å². The van der Waals surface area contributed by atoms with Crippen LogP contribution >= 0.6 is 0 Å². The van der Waals surface area contributed by atoms with E-state index in [0.29, 0.717) is 0 Å². The zero-order valence-electron chi connectivity index (χ0n) is 7.02. The zero-order chi connectivity index (χ0) is 8.43. The van der Waals surface area contributed by atoms with Crippen molar-refractivity contribution in [3.8, 4) is 0 Å². The number of hydrogen-bond acceptors (Lipinski definition) is 0. The van der Waals surface area contributed by atoms with Gasteiger partial charge in [-0.1, -0.05) is 13.2 Å². The van der Waals surface area contributed by atoms with Gasteiger partial charge in [0.1, 0.15) is 12.4 Å². The van der Waals surface area contributed by atoms with Crippen molar-refractivity contribution in [2.75, 3.05) is 0 Å². The van der Waals surface area contributed by atoms with E-state index in [9.17, 15) is 0 Å². The molecule has 0 atom stereocenters. The SMILES string of the molecule is C=C(C)c1[nH]cc[n+]1C(=C)C. The summed E-state index contributed by atoms with van der Waals surface area (Å²) < 4.78 is 1.97. The standard InChI is InChI=1S/C9H12N2/c1-7(2)9-10-5-6-11(9)8(3)4/h5-6H,1,3H2,2,4H3/p+1. The molecule has 0 aliphatic rings. The van der Waals surface area contributed by atoms with E-state index in [4.69, 9.17) is 0 Å². The Bertz CT molecular complexity index is 266. The number of hydrogen-bond donors (Lipinski definition) is 1. The minimum Gasteiger partial charge on any atom is -0.243 e. The minimum atomic E-state index is 0.990. The molecule has 0 spiro atoms. The largest absolute Gasteiger partial charge is 0.286 e. The molecule has 0 aromatic carbocycles. The van der Waals surface area contributed by atoms with Crippen LogP contribution in [0.1, 0.15) is 19.7 Å². The Morgan fingerprint density at radius 3 is 2.45 bits per heavy atom. The van der Waals surface area contributed by atoms with Gasteiger partial charge in [-0.05, 0) is 13.8 Å². The molecule has 2 heteroatoms. The minimum absolute atomic E-state index is 0.990. The second-order valence-corrected chi connectivity index (χ2v) is 2.69.